The van der Waals surface area contributed by atoms with Crippen LogP contribution in [0.2, 0.25) is 0 Å². The van der Waals surface area contributed by atoms with Gasteiger partial charge in [0.05, 0.1) is 11.7 Å². The van der Waals surface area contributed by atoms with Crippen molar-refractivity contribution in [2.45, 2.75) is 19.4 Å². The normalized spacial score (nSPS) is 12.1. The first-order valence-electron chi connectivity index (χ1n) is 5.87. The van der Waals surface area contributed by atoms with Gasteiger partial charge in [-0.05, 0) is 24.1 Å². The Morgan fingerprint density at radius 3 is 2.29 bits per heavy atom. The average molecular weight is 229 g/mol. The van der Waals surface area contributed by atoms with E-state index in [2.05, 4.69) is 24.4 Å². The zero-order valence-corrected chi connectivity index (χ0v) is 9.86. The van der Waals surface area contributed by atoms with E-state index in [-0.39, 0.29) is 11.9 Å². The number of halogens is 1. The zero-order valence-electron chi connectivity index (χ0n) is 9.86. The second-order valence-electron chi connectivity index (χ2n) is 4.00. The standard InChI is InChI=1S/C15H16FN/c1-2-14(12-8-4-3-5-9-12)17-15-11-7-6-10-13(15)16/h3-11,14,17H,2H2,1H3. The molecule has 1 N–H and O–H groups in total. The molecule has 0 saturated carbocycles. The molecule has 0 aliphatic carbocycles. The topological polar surface area (TPSA) is 12.0 Å². The minimum Gasteiger partial charge on any atom is -0.376 e. The van der Waals surface area contributed by atoms with Crippen LogP contribution in [0.1, 0.15) is 24.9 Å². The average Bonchev–Trinajstić information content (AvgIpc) is 2.39. The molecule has 17 heavy (non-hydrogen) atoms. The number of anilines is 1. The van der Waals surface area contributed by atoms with Crippen molar-refractivity contribution < 1.29 is 4.39 Å². The van der Waals surface area contributed by atoms with Gasteiger partial charge in [0.1, 0.15) is 5.82 Å². The van der Waals surface area contributed by atoms with Gasteiger partial charge in [-0.25, -0.2) is 4.39 Å². The maximum Gasteiger partial charge on any atom is 0.146 e. The van der Waals surface area contributed by atoms with Crippen LogP contribution in [0.15, 0.2) is 54.6 Å². The third-order valence-corrected chi connectivity index (χ3v) is 2.81. The highest BCUT2D eigenvalue weighted by molar-refractivity contribution is 5.46. The molecule has 2 heteroatoms. The largest absolute Gasteiger partial charge is 0.376 e. The number of para-hydroxylation sites is 1. The molecule has 0 aliphatic rings. The molecule has 0 aromatic heterocycles. The van der Waals surface area contributed by atoms with Gasteiger partial charge in [0.2, 0.25) is 0 Å². The molecule has 2 rings (SSSR count). The van der Waals surface area contributed by atoms with Crippen molar-refractivity contribution in [3.8, 4) is 0 Å². The first-order valence-corrected chi connectivity index (χ1v) is 5.87. The molecule has 0 aliphatic heterocycles. The molecule has 0 amide bonds. The van der Waals surface area contributed by atoms with Gasteiger partial charge in [-0.15, -0.1) is 0 Å². The van der Waals surface area contributed by atoms with E-state index in [0.29, 0.717) is 5.69 Å². The zero-order chi connectivity index (χ0) is 12.1. The van der Waals surface area contributed by atoms with Crippen molar-refractivity contribution in [3.63, 3.8) is 0 Å². The Kier molecular flexibility index (Phi) is 3.76. The van der Waals surface area contributed by atoms with E-state index in [9.17, 15) is 4.39 Å². The van der Waals surface area contributed by atoms with Gasteiger partial charge >= 0.3 is 0 Å². The summed E-state index contributed by atoms with van der Waals surface area (Å²) in [6.45, 7) is 2.09. The van der Waals surface area contributed by atoms with E-state index < -0.39 is 0 Å². The summed E-state index contributed by atoms with van der Waals surface area (Å²) >= 11 is 0. The predicted octanol–water partition coefficient (Wildman–Crippen LogP) is 4.39. The molecule has 2 aromatic carbocycles. The molecule has 0 heterocycles. The Morgan fingerprint density at radius 2 is 1.65 bits per heavy atom. The van der Waals surface area contributed by atoms with E-state index in [1.165, 1.54) is 11.6 Å². The van der Waals surface area contributed by atoms with Crippen molar-refractivity contribution in [2.75, 3.05) is 5.32 Å². The molecule has 0 radical (unpaired) electrons. The number of benzene rings is 2. The fraction of sp³-hybridized carbons (Fsp3) is 0.200. The SMILES string of the molecule is CCC(Nc1ccccc1F)c1ccccc1. The molecule has 1 nitrogen and oxygen atoms in total. The van der Waals surface area contributed by atoms with Gasteiger partial charge in [-0.3, -0.25) is 0 Å². The van der Waals surface area contributed by atoms with Crippen LogP contribution in [0.25, 0.3) is 0 Å². The lowest BCUT2D eigenvalue weighted by Crippen LogP contribution is -2.10. The molecule has 0 spiro atoms. The van der Waals surface area contributed by atoms with Gasteiger partial charge in [-0.1, -0.05) is 49.4 Å². The van der Waals surface area contributed by atoms with Crippen molar-refractivity contribution >= 4 is 5.69 Å². The second kappa shape index (κ2) is 5.48. The summed E-state index contributed by atoms with van der Waals surface area (Å²) in [7, 11) is 0. The van der Waals surface area contributed by atoms with E-state index in [1.54, 1.807) is 12.1 Å². The fourth-order valence-corrected chi connectivity index (χ4v) is 1.87. The van der Waals surface area contributed by atoms with E-state index in [0.717, 1.165) is 6.42 Å². The maximum absolute atomic E-state index is 13.5. The molecule has 0 saturated heterocycles. The molecule has 0 fully saturated rings. The summed E-state index contributed by atoms with van der Waals surface area (Å²) in [5.74, 6) is -0.207. The van der Waals surface area contributed by atoms with E-state index >= 15 is 0 Å². The third-order valence-electron chi connectivity index (χ3n) is 2.81. The summed E-state index contributed by atoms with van der Waals surface area (Å²) in [6, 6.07) is 17.0. The van der Waals surface area contributed by atoms with Crippen molar-refractivity contribution in [1.82, 2.24) is 0 Å². The number of hydrogen-bond donors (Lipinski definition) is 1. The molecule has 0 bridgehead atoms. The molecule has 88 valence electrons. The Labute approximate surface area is 101 Å². The first-order chi connectivity index (χ1) is 8.31. The van der Waals surface area contributed by atoms with Crippen LogP contribution in [-0.4, -0.2) is 0 Å². The summed E-state index contributed by atoms with van der Waals surface area (Å²) in [5, 5.41) is 3.24. The van der Waals surface area contributed by atoms with Gasteiger partial charge in [-0.2, -0.15) is 0 Å². The quantitative estimate of drug-likeness (QED) is 0.819. The Hall–Kier alpha value is -1.83. The molecular formula is C15H16FN. The van der Waals surface area contributed by atoms with Gasteiger partial charge in [0.25, 0.3) is 0 Å². The smallest absolute Gasteiger partial charge is 0.146 e. The Bertz CT molecular complexity index is 467. The summed E-state index contributed by atoms with van der Waals surface area (Å²) < 4.78 is 13.5. The lowest BCUT2D eigenvalue weighted by atomic mass is 10.0. The highest BCUT2D eigenvalue weighted by atomic mass is 19.1. The van der Waals surface area contributed by atoms with Crippen LogP contribution in [-0.2, 0) is 0 Å². The van der Waals surface area contributed by atoms with Crippen molar-refractivity contribution in [2.24, 2.45) is 0 Å². The Balaban J connectivity index is 2.19. The van der Waals surface area contributed by atoms with Crippen molar-refractivity contribution in [1.29, 1.82) is 0 Å². The van der Waals surface area contributed by atoms with E-state index in [1.807, 2.05) is 24.3 Å². The van der Waals surface area contributed by atoms with Gasteiger partial charge in [0.15, 0.2) is 0 Å². The van der Waals surface area contributed by atoms with Crippen LogP contribution in [0.5, 0.6) is 0 Å². The number of rotatable bonds is 4. The predicted molar refractivity (Wildman–Crippen MR) is 69.5 cm³/mol. The Morgan fingerprint density at radius 1 is 1.00 bits per heavy atom. The number of hydrogen-bond acceptors (Lipinski definition) is 1. The summed E-state index contributed by atoms with van der Waals surface area (Å²) in [6.07, 6.45) is 0.915. The highest BCUT2D eigenvalue weighted by Gasteiger charge is 2.10. The monoisotopic (exact) mass is 229 g/mol. The second-order valence-corrected chi connectivity index (χ2v) is 4.00. The molecule has 1 atom stereocenters. The van der Waals surface area contributed by atoms with Crippen LogP contribution in [0.3, 0.4) is 0 Å². The molecular weight excluding hydrogens is 213 g/mol. The minimum absolute atomic E-state index is 0.146. The van der Waals surface area contributed by atoms with Gasteiger partial charge in [0, 0.05) is 0 Å². The van der Waals surface area contributed by atoms with Crippen LogP contribution in [0, 0.1) is 5.82 Å². The summed E-state index contributed by atoms with van der Waals surface area (Å²) in [5.41, 5.74) is 1.74. The maximum atomic E-state index is 13.5. The molecule has 2 aromatic rings. The van der Waals surface area contributed by atoms with Crippen LogP contribution in [0.4, 0.5) is 10.1 Å². The highest BCUT2D eigenvalue weighted by Crippen LogP contribution is 2.23. The minimum atomic E-state index is -0.207. The molecule has 1 unspecified atom stereocenters. The van der Waals surface area contributed by atoms with E-state index in [4.69, 9.17) is 0 Å². The van der Waals surface area contributed by atoms with Crippen LogP contribution < -0.4 is 5.32 Å². The number of nitrogens with one attached hydrogen (secondary N) is 1. The third kappa shape index (κ3) is 2.84. The van der Waals surface area contributed by atoms with Gasteiger partial charge < -0.3 is 5.32 Å². The first kappa shape index (κ1) is 11.6. The summed E-state index contributed by atoms with van der Waals surface area (Å²) in [4.78, 5) is 0. The lowest BCUT2D eigenvalue weighted by molar-refractivity contribution is 0.624. The fourth-order valence-electron chi connectivity index (χ4n) is 1.87. The van der Waals surface area contributed by atoms with Crippen molar-refractivity contribution in [3.05, 3.63) is 66.0 Å². The lowest BCUT2D eigenvalue weighted by Gasteiger charge is -2.19. The van der Waals surface area contributed by atoms with Crippen LogP contribution >= 0.6 is 0 Å².